The topological polar surface area (TPSA) is 9.23 Å². The highest BCUT2D eigenvalue weighted by Gasteiger charge is 2.12. The molecule has 1 aromatic heterocycles. The number of benzene rings is 1. The molecule has 0 fully saturated rings. The summed E-state index contributed by atoms with van der Waals surface area (Å²) in [7, 11) is 0. The standard InChI is InChI=1S/C22H32OS/c1-4-5-6-7-8-9-10-11-16-23-21-19(3)17-24-22(21)20-14-12-18(2)13-15-20/h12-15,17H,4-11,16H2,1-3H3. The third-order valence-corrected chi connectivity index (χ3v) is 5.60. The minimum absolute atomic E-state index is 0.839. The van der Waals surface area contributed by atoms with Crippen LogP contribution < -0.4 is 4.74 Å². The van der Waals surface area contributed by atoms with Crippen LogP contribution in [0.3, 0.4) is 0 Å². The lowest BCUT2D eigenvalue weighted by Crippen LogP contribution is -1.98. The Morgan fingerprint density at radius 1 is 0.833 bits per heavy atom. The van der Waals surface area contributed by atoms with E-state index in [1.54, 1.807) is 11.3 Å². The van der Waals surface area contributed by atoms with Gasteiger partial charge in [-0.2, -0.15) is 0 Å². The average Bonchev–Trinajstić information content (AvgIpc) is 2.95. The van der Waals surface area contributed by atoms with Crippen molar-refractivity contribution in [2.45, 2.75) is 72.1 Å². The fourth-order valence-electron chi connectivity index (χ4n) is 2.93. The van der Waals surface area contributed by atoms with E-state index in [4.69, 9.17) is 4.74 Å². The highest BCUT2D eigenvalue weighted by molar-refractivity contribution is 7.14. The van der Waals surface area contributed by atoms with Crippen LogP contribution in [-0.2, 0) is 0 Å². The average molecular weight is 345 g/mol. The summed E-state index contributed by atoms with van der Waals surface area (Å²) in [6.07, 6.45) is 10.7. The van der Waals surface area contributed by atoms with Crippen molar-refractivity contribution in [3.8, 4) is 16.2 Å². The Balaban J connectivity index is 1.75. The highest BCUT2D eigenvalue weighted by atomic mass is 32.1. The third-order valence-electron chi connectivity index (χ3n) is 4.48. The SMILES string of the molecule is CCCCCCCCCCOc1c(C)csc1-c1ccc(C)cc1. The molecule has 0 unspecified atom stereocenters. The number of hydrogen-bond donors (Lipinski definition) is 0. The summed E-state index contributed by atoms with van der Waals surface area (Å²) in [5.41, 5.74) is 3.83. The molecule has 2 rings (SSSR count). The minimum atomic E-state index is 0.839. The summed E-state index contributed by atoms with van der Waals surface area (Å²) in [5, 5.41) is 2.21. The molecule has 0 bridgehead atoms. The zero-order valence-electron chi connectivity index (χ0n) is 15.6. The molecule has 1 nitrogen and oxygen atoms in total. The van der Waals surface area contributed by atoms with Crippen LogP contribution in [0.5, 0.6) is 5.75 Å². The summed E-state index contributed by atoms with van der Waals surface area (Å²) in [6.45, 7) is 7.39. The number of ether oxygens (including phenoxy) is 1. The Hall–Kier alpha value is -1.28. The van der Waals surface area contributed by atoms with E-state index in [1.165, 1.54) is 66.5 Å². The Labute approximate surface area is 152 Å². The molecule has 2 heteroatoms. The van der Waals surface area contributed by atoms with Crippen LogP contribution in [0.4, 0.5) is 0 Å². The third kappa shape index (κ3) is 5.98. The summed E-state index contributed by atoms with van der Waals surface area (Å²) >= 11 is 1.79. The molecule has 0 amide bonds. The zero-order valence-corrected chi connectivity index (χ0v) is 16.4. The van der Waals surface area contributed by atoms with Crippen molar-refractivity contribution < 1.29 is 4.74 Å². The highest BCUT2D eigenvalue weighted by Crippen LogP contribution is 2.39. The van der Waals surface area contributed by atoms with E-state index in [1.807, 2.05) is 0 Å². The number of thiophene rings is 1. The van der Waals surface area contributed by atoms with Crippen molar-refractivity contribution in [1.82, 2.24) is 0 Å². The van der Waals surface area contributed by atoms with Gasteiger partial charge in [0.05, 0.1) is 11.5 Å². The largest absolute Gasteiger partial charge is 0.492 e. The van der Waals surface area contributed by atoms with Crippen LogP contribution in [0.2, 0.25) is 0 Å². The van der Waals surface area contributed by atoms with Gasteiger partial charge in [-0.3, -0.25) is 0 Å². The van der Waals surface area contributed by atoms with E-state index < -0.39 is 0 Å². The van der Waals surface area contributed by atoms with Crippen molar-refractivity contribution in [3.63, 3.8) is 0 Å². The predicted octanol–water partition coefficient (Wildman–Crippen LogP) is 7.55. The van der Waals surface area contributed by atoms with Crippen molar-refractivity contribution in [1.29, 1.82) is 0 Å². The monoisotopic (exact) mass is 344 g/mol. The van der Waals surface area contributed by atoms with Crippen LogP contribution in [0.1, 0.15) is 69.4 Å². The fraction of sp³-hybridized carbons (Fsp3) is 0.545. The predicted molar refractivity (Wildman–Crippen MR) is 107 cm³/mol. The first-order valence-corrected chi connectivity index (χ1v) is 10.4. The van der Waals surface area contributed by atoms with Gasteiger partial charge in [0.1, 0.15) is 5.75 Å². The summed E-state index contributed by atoms with van der Waals surface area (Å²) in [5.74, 6) is 1.09. The smallest absolute Gasteiger partial charge is 0.140 e. The molecule has 2 aromatic rings. The molecule has 0 aliphatic heterocycles. The molecule has 0 radical (unpaired) electrons. The van der Waals surface area contributed by atoms with Crippen molar-refractivity contribution in [2.24, 2.45) is 0 Å². The van der Waals surface area contributed by atoms with Crippen LogP contribution in [-0.4, -0.2) is 6.61 Å². The Bertz CT molecular complexity index is 583. The van der Waals surface area contributed by atoms with Crippen LogP contribution >= 0.6 is 11.3 Å². The van der Waals surface area contributed by atoms with Gasteiger partial charge in [0, 0.05) is 5.56 Å². The van der Waals surface area contributed by atoms with E-state index >= 15 is 0 Å². The second-order valence-corrected chi connectivity index (χ2v) is 7.65. The number of aryl methyl sites for hydroxylation is 2. The van der Waals surface area contributed by atoms with Crippen molar-refractivity contribution in [2.75, 3.05) is 6.61 Å². The van der Waals surface area contributed by atoms with E-state index in [0.29, 0.717) is 0 Å². The van der Waals surface area contributed by atoms with E-state index in [9.17, 15) is 0 Å². The number of rotatable bonds is 11. The van der Waals surface area contributed by atoms with Gasteiger partial charge in [0.2, 0.25) is 0 Å². The van der Waals surface area contributed by atoms with Gasteiger partial charge in [-0.25, -0.2) is 0 Å². The number of hydrogen-bond acceptors (Lipinski definition) is 2. The van der Waals surface area contributed by atoms with Gasteiger partial charge in [-0.05, 0) is 31.2 Å². The Morgan fingerprint density at radius 3 is 2.12 bits per heavy atom. The van der Waals surface area contributed by atoms with E-state index in [2.05, 4.69) is 50.4 Å². The molecule has 0 spiro atoms. The lowest BCUT2D eigenvalue weighted by atomic mass is 10.1. The lowest BCUT2D eigenvalue weighted by Gasteiger charge is -2.09. The minimum Gasteiger partial charge on any atom is -0.492 e. The van der Waals surface area contributed by atoms with Gasteiger partial charge in [0.15, 0.2) is 0 Å². The zero-order chi connectivity index (χ0) is 17.2. The molecule has 1 aromatic carbocycles. The first-order valence-electron chi connectivity index (χ1n) is 9.50. The normalized spacial score (nSPS) is 11.0. The van der Waals surface area contributed by atoms with E-state index in [-0.39, 0.29) is 0 Å². The molecule has 0 aliphatic rings. The molecular formula is C22H32OS. The van der Waals surface area contributed by atoms with Gasteiger partial charge in [0.25, 0.3) is 0 Å². The van der Waals surface area contributed by atoms with E-state index in [0.717, 1.165) is 18.8 Å². The quantitative estimate of drug-likeness (QED) is 0.382. The second kappa shape index (κ2) is 10.6. The Kier molecular flexibility index (Phi) is 8.38. The fourth-order valence-corrected chi connectivity index (χ4v) is 3.93. The second-order valence-electron chi connectivity index (χ2n) is 6.77. The van der Waals surface area contributed by atoms with Crippen LogP contribution in [0, 0.1) is 13.8 Å². The van der Waals surface area contributed by atoms with Crippen LogP contribution in [0.15, 0.2) is 29.6 Å². The first-order chi connectivity index (χ1) is 11.7. The molecule has 0 aliphatic carbocycles. The van der Waals surface area contributed by atoms with Gasteiger partial charge >= 0.3 is 0 Å². The molecule has 1 heterocycles. The summed E-state index contributed by atoms with van der Waals surface area (Å²) in [6, 6.07) is 8.74. The molecular weight excluding hydrogens is 312 g/mol. The summed E-state index contributed by atoms with van der Waals surface area (Å²) in [4.78, 5) is 1.27. The van der Waals surface area contributed by atoms with Gasteiger partial charge < -0.3 is 4.74 Å². The molecule has 24 heavy (non-hydrogen) atoms. The summed E-state index contributed by atoms with van der Waals surface area (Å²) < 4.78 is 6.15. The lowest BCUT2D eigenvalue weighted by molar-refractivity contribution is 0.304. The van der Waals surface area contributed by atoms with Crippen LogP contribution in [0.25, 0.3) is 10.4 Å². The van der Waals surface area contributed by atoms with Gasteiger partial charge in [-0.1, -0.05) is 81.7 Å². The maximum absolute atomic E-state index is 6.15. The number of unbranched alkanes of at least 4 members (excludes halogenated alkanes) is 7. The maximum atomic E-state index is 6.15. The first kappa shape index (κ1) is 19.1. The molecule has 0 saturated heterocycles. The molecule has 132 valence electrons. The maximum Gasteiger partial charge on any atom is 0.140 e. The molecule has 0 atom stereocenters. The van der Waals surface area contributed by atoms with Crippen molar-refractivity contribution >= 4 is 11.3 Å². The van der Waals surface area contributed by atoms with Crippen molar-refractivity contribution in [3.05, 3.63) is 40.8 Å². The molecule has 0 saturated carbocycles. The Morgan fingerprint density at radius 2 is 1.46 bits per heavy atom. The molecule has 0 N–H and O–H groups in total. The van der Waals surface area contributed by atoms with Gasteiger partial charge in [-0.15, -0.1) is 11.3 Å².